The maximum atomic E-state index is 13.2. The molecule has 5 aromatic rings. The van der Waals surface area contributed by atoms with Crippen molar-refractivity contribution in [2.24, 2.45) is 0 Å². The number of aromatic nitrogens is 2. The number of carbonyl (C=O) groups is 1. The Morgan fingerprint density at radius 2 is 1.64 bits per heavy atom. The van der Waals surface area contributed by atoms with Crippen LogP contribution in [0.15, 0.2) is 85.3 Å². The molecule has 1 N–H and O–H groups in total. The van der Waals surface area contributed by atoms with Crippen LogP contribution in [0.5, 0.6) is 0 Å². The summed E-state index contributed by atoms with van der Waals surface area (Å²) < 4.78 is 17.3. The number of imidazole rings is 1. The molecule has 42 heavy (non-hydrogen) atoms. The van der Waals surface area contributed by atoms with Crippen LogP contribution in [0.2, 0.25) is 0 Å². The SMILES string of the molecule is Cc1ccc(-c2c(C)c3c(c(C)c2CC(=O)O)N(S(C)=O)Cc2cc(-c4cncn4Cc4ccccc4)ccc2-3)cc1. The van der Waals surface area contributed by atoms with E-state index in [1.165, 1.54) is 5.56 Å². The zero-order valence-electron chi connectivity index (χ0n) is 24.2. The molecule has 0 saturated heterocycles. The molecule has 2 heterocycles. The van der Waals surface area contributed by atoms with Crippen molar-refractivity contribution in [3.05, 3.63) is 119 Å². The van der Waals surface area contributed by atoms with Crippen LogP contribution in [0.25, 0.3) is 33.5 Å². The van der Waals surface area contributed by atoms with Crippen LogP contribution in [0.3, 0.4) is 0 Å². The predicted molar refractivity (Wildman–Crippen MR) is 170 cm³/mol. The molecule has 1 aromatic heterocycles. The standard InChI is InChI=1S/C35H33N3O3S/c1-22-10-12-26(13-11-22)33-24(3)34-29-15-14-27(31-18-36-21-37(31)19-25-8-6-5-7-9-25)16-28(29)20-38(42(4)41)35(34)23(2)30(33)17-32(39)40/h5-16,18,21H,17,19-20H2,1-4H3,(H,39,40). The molecule has 1 aliphatic rings. The lowest BCUT2D eigenvalue weighted by Crippen LogP contribution is -2.30. The second-order valence-electron chi connectivity index (χ2n) is 11.0. The lowest BCUT2D eigenvalue weighted by Gasteiger charge is -2.35. The molecule has 1 aliphatic heterocycles. The van der Waals surface area contributed by atoms with E-state index in [0.717, 1.165) is 67.0 Å². The number of benzene rings is 4. The van der Waals surface area contributed by atoms with Crippen LogP contribution in [0, 0.1) is 20.8 Å². The van der Waals surface area contributed by atoms with Gasteiger partial charge in [0.1, 0.15) is 11.0 Å². The molecule has 1 unspecified atom stereocenters. The number of aliphatic carboxylic acids is 1. The summed E-state index contributed by atoms with van der Waals surface area (Å²) in [4.78, 5) is 16.5. The smallest absolute Gasteiger partial charge is 0.307 e. The van der Waals surface area contributed by atoms with Gasteiger partial charge in [-0.15, -0.1) is 0 Å². The van der Waals surface area contributed by atoms with Gasteiger partial charge < -0.3 is 9.67 Å². The summed E-state index contributed by atoms with van der Waals surface area (Å²) in [6, 6.07) is 25.0. The van der Waals surface area contributed by atoms with Gasteiger partial charge in [0.05, 0.1) is 36.9 Å². The molecule has 4 aromatic carbocycles. The van der Waals surface area contributed by atoms with Gasteiger partial charge in [0.2, 0.25) is 0 Å². The van der Waals surface area contributed by atoms with Crippen molar-refractivity contribution in [3.63, 3.8) is 0 Å². The average Bonchev–Trinajstić information content (AvgIpc) is 3.43. The van der Waals surface area contributed by atoms with Crippen LogP contribution >= 0.6 is 0 Å². The monoisotopic (exact) mass is 575 g/mol. The second-order valence-corrected chi connectivity index (χ2v) is 12.3. The van der Waals surface area contributed by atoms with E-state index in [1.807, 2.05) is 48.9 Å². The first-order chi connectivity index (χ1) is 20.2. The van der Waals surface area contributed by atoms with Crippen LogP contribution in [0.1, 0.15) is 33.4 Å². The molecule has 6 nitrogen and oxygen atoms in total. The maximum Gasteiger partial charge on any atom is 0.307 e. The highest BCUT2D eigenvalue weighted by Gasteiger charge is 2.32. The van der Waals surface area contributed by atoms with E-state index in [1.54, 1.807) is 6.26 Å². The maximum absolute atomic E-state index is 13.2. The molecule has 0 radical (unpaired) electrons. The van der Waals surface area contributed by atoms with Crippen LogP contribution in [-0.4, -0.2) is 31.1 Å². The first-order valence-corrected chi connectivity index (χ1v) is 15.5. The van der Waals surface area contributed by atoms with E-state index in [4.69, 9.17) is 0 Å². The van der Waals surface area contributed by atoms with E-state index in [-0.39, 0.29) is 6.42 Å². The third-order valence-electron chi connectivity index (χ3n) is 8.22. The van der Waals surface area contributed by atoms with Crippen molar-refractivity contribution in [1.82, 2.24) is 9.55 Å². The van der Waals surface area contributed by atoms with Gasteiger partial charge in [-0.25, -0.2) is 9.19 Å². The Bertz CT molecular complexity index is 1840. The molecular formula is C35H33N3O3S. The predicted octanol–water partition coefficient (Wildman–Crippen LogP) is 7.10. The van der Waals surface area contributed by atoms with Gasteiger partial charge in [0.25, 0.3) is 0 Å². The Hall–Kier alpha value is -4.49. The van der Waals surface area contributed by atoms with Gasteiger partial charge in [0.15, 0.2) is 0 Å². The molecule has 0 fully saturated rings. The Balaban J connectivity index is 1.54. The molecule has 1 atom stereocenters. The minimum absolute atomic E-state index is 0.107. The first-order valence-electron chi connectivity index (χ1n) is 14.0. The number of hydrogen-bond acceptors (Lipinski definition) is 3. The van der Waals surface area contributed by atoms with Crippen LogP contribution in [-0.2, 0) is 35.3 Å². The molecule has 0 spiro atoms. The zero-order chi connectivity index (χ0) is 29.5. The lowest BCUT2D eigenvalue weighted by atomic mass is 9.80. The lowest BCUT2D eigenvalue weighted by molar-refractivity contribution is -0.136. The molecule has 7 heteroatoms. The van der Waals surface area contributed by atoms with Gasteiger partial charge in [-0.05, 0) is 71.3 Å². The highest BCUT2D eigenvalue weighted by atomic mass is 32.2. The first kappa shape index (κ1) is 27.7. The second kappa shape index (κ2) is 11.1. The Kier molecular flexibility index (Phi) is 7.29. The summed E-state index contributed by atoms with van der Waals surface area (Å²) in [5.74, 6) is -0.886. The normalized spacial score (nSPS) is 13.0. The van der Waals surface area contributed by atoms with Crippen molar-refractivity contribution < 1.29 is 14.1 Å². The van der Waals surface area contributed by atoms with E-state index in [9.17, 15) is 14.1 Å². The zero-order valence-corrected chi connectivity index (χ0v) is 25.0. The van der Waals surface area contributed by atoms with Gasteiger partial charge in [0, 0.05) is 23.9 Å². The van der Waals surface area contributed by atoms with Crippen molar-refractivity contribution in [2.75, 3.05) is 10.6 Å². The molecule has 6 rings (SSSR count). The molecular weight excluding hydrogens is 542 g/mol. The van der Waals surface area contributed by atoms with Gasteiger partial charge in [-0.1, -0.05) is 72.3 Å². The van der Waals surface area contributed by atoms with Crippen LogP contribution < -0.4 is 4.31 Å². The topological polar surface area (TPSA) is 75.4 Å². The molecule has 0 saturated carbocycles. The fourth-order valence-electron chi connectivity index (χ4n) is 6.22. The fraction of sp³-hybridized carbons (Fsp3) is 0.200. The Morgan fingerprint density at radius 1 is 0.929 bits per heavy atom. The minimum atomic E-state index is -1.32. The highest BCUT2D eigenvalue weighted by molar-refractivity contribution is 7.85. The number of carboxylic acid groups (broad SMARTS) is 1. The number of rotatable bonds is 7. The van der Waals surface area contributed by atoms with Crippen LogP contribution in [0.4, 0.5) is 5.69 Å². The van der Waals surface area contributed by atoms with E-state index >= 15 is 0 Å². The highest BCUT2D eigenvalue weighted by Crippen LogP contribution is 2.49. The third kappa shape index (κ3) is 4.94. The van der Waals surface area contributed by atoms with Crippen molar-refractivity contribution in [2.45, 2.75) is 40.3 Å². The quantitative estimate of drug-likeness (QED) is 0.225. The number of anilines is 1. The molecule has 0 amide bonds. The largest absolute Gasteiger partial charge is 0.481 e. The summed E-state index contributed by atoms with van der Waals surface area (Å²) in [7, 11) is -1.32. The Labute approximate surface area is 248 Å². The molecule has 0 aliphatic carbocycles. The number of aryl methyl sites for hydroxylation is 1. The number of nitrogens with zero attached hydrogens (tertiary/aromatic N) is 3. The average molecular weight is 576 g/mol. The fourth-order valence-corrected chi connectivity index (χ4v) is 7.03. The summed E-state index contributed by atoms with van der Waals surface area (Å²) in [5, 5.41) is 9.89. The number of fused-ring (bicyclic) bond motifs is 3. The summed E-state index contributed by atoms with van der Waals surface area (Å²) in [5.41, 5.74) is 13.0. The van der Waals surface area contributed by atoms with Gasteiger partial charge in [-0.2, -0.15) is 0 Å². The summed E-state index contributed by atoms with van der Waals surface area (Å²) >= 11 is 0. The van der Waals surface area contributed by atoms with Gasteiger partial charge in [-0.3, -0.25) is 9.10 Å². The van der Waals surface area contributed by atoms with Crippen molar-refractivity contribution in [1.29, 1.82) is 0 Å². The summed E-state index contributed by atoms with van der Waals surface area (Å²) in [6.45, 7) is 7.25. The molecule has 0 bridgehead atoms. The van der Waals surface area contributed by atoms with Gasteiger partial charge >= 0.3 is 5.97 Å². The van der Waals surface area contributed by atoms with E-state index in [0.29, 0.717) is 13.1 Å². The van der Waals surface area contributed by atoms with E-state index in [2.05, 4.69) is 71.1 Å². The van der Waals surface area contributed by atoms with Crippen molar-refractivity contribution in [3.8, 4) is 33.5 Å². The Morgan fingerprint density at radius 3 is 2.33 bits per heavy atom. The minimum Gasteiger partial charge on any atom is -0.481 e. The summed E-state index contributed by atoms with van der Waals surface area (Å²) in [6.07, 6.45) is 5.33. The number of hydrogen-bond donors (Lipinski definition) is 1. The number of carboxylic acids is 1. The third-order valence-corrected chi connectivity index (χ3v) is 9.15. The molecule has 212 valence electrons. The van der Waals surface area contributed by atoms with Crippen molar-refractivity contribution >= 4 is 22.6 Å². The van der Waals surface area contributed by atoms with E-state index < -0.39 is 17.0 Å².